The molecule has 3 N–H and O–H groups in total. The van der Waals surface area contributed by atoms with Crippen LogP contribution in [0, 0.1) is 0 Å². The second kappa shape index (κ2) is 4.93. The lowest BCUT2D eigenvalue weighted by Crippen LogP contribution is -2.17. The van der Waals surface area contributed by atoms with Crippen LogP contribution < -0.4 is 5.73 Å². The molecule has 0 aliphatic rings. The lowest BCUT2D eigenvalue weighted by Gasteiger charge is -2.09. The van der Waals surface area contributed by atoms with Gasteiger partial charge in [-0.25, -0.2) is 9.67 Å². The van der Waals surface area contributed by atoms with E-state index in [0.29, 0.717) is 11.4 Å². The number of benzene rings is 1. The van der Waals surface area contributed by atoms with E-state index in [-0.39, 0.29) is 5.84 Å². The van der Waals surface area contributed by atoms with Gasteiger partial charge in [-0.1, -0.05) is 23.4 Å². The van der Waals surface area contributed by atoms with Crippen LogP contribution in [0.25, 0.3) is 16.7 Å². The average molecular weight is 332 g/mol. The van der Waals surface area contributed by atoms with Gasteiger partial charge in [0.15, 0.2) is 11.7 Å². The normalized spacial score (nSPS) is 11.9. The van der Waals surface area contributed by atoms with Crippen LogP contribution in [0.4, 0.5) is 0 Å². The lowest BCUT2D eigenvalue weighted by molar-refractivity contribution is 0.318. The Morgan fingerprint density at radius 3 is 2.85 bits per heavy atom. The SMILES string of the molecule is NC(=NO)c1cc2ccccc2nc1-n1cc(Br)cn1. The zero-order valence-corrected chi connectivity index (χ0v) is 11.8. The quantitative estimate of drug-likeness (QED) is 0.326. The summed E-state index contributed by atoms with van der Waals surface area (Å²) in [5, 5.41) is 17.1. The average Bonchev–Trinajstić information content (AvgIpc) is 2.91. The van der Waals surface area contributed by atoms with E-state index in [1.165, 1.54) is 0 Å². The van der Waals surface area contributed by atoms with Gasteiger partial charge in [-0.2, -0.15) is 5.10 Å². The van der Waals surface area contributed by atoms with Crippen LogP contribution in [0.3, 0.4) is 0 Å². The maximum absolute atomic E-state index is 8.93. The first kappa shape index (κ1) is 12.6. The number of fused-ring (bicyclic) bond motifs is 1. The van der Waals surface area contributed by atoms with E-state index in [1.54, 1.807) is 17.1 Å². The maximum atomic E-state index is 8.93. The van der Waals surface area contributed by atoms with Crippen molar-refractivity contribution in [3.63, 3.8) is 0 Å². The van der Waals surface area contributed by atoms with Crippen LogP contribution in [0.5, 0.6) is 0 Å². The third-order valence-electron chi connectivity index (χ3n) is 2.86. The Morgan fingerprint density at radius 2 is 2.15 bits per heavy atom. The van der Waals surface area contributed by atoms with Crippen molar-refractivity contribution < 1.29 is 5.21 Å². The molecule has 3 aromatic rings. The monoisotopic (exact) mass is 331 g/mol. The Labute approximate surface area is 122 Å². The minimum absolute atomic E-state index is 0.00937. The summed E-state index contributed by atoms with van der Waals surface area (Å²) in [4.78, 5) is 4.54. The molecule has 0 unspecified atom stereocenters. The van der Waals surface area contributed by atoms with Gasteiger partial charge in [0, 0.05) is 11.6 Å². The molecule has 20 heavy (non-hydrogen) atoms. The summed E-state index contributed by atoms with van der Waals surface area (Å²) in [6.07, 6.45) is 3.40. The third-order valence-corrected chi connectivity index (χ3v) is 3.27. The van der Waals surface area contributed by atoms with Crippen molar-refractivity contribution in [3.05, 3.63) is 52.8 Å². The summed E-state index contributed by atoms with van der Waals surface area (Å²) < 4.78 is 2.39. The number of oxime groups is 1. The van der Waals surface area contributed by atoms with Gasteiger partial charge < -0.3 is 10.9 Å². The second-order valence-corrected chi connectivity index (χ2v) is 5.06. The number of pyridine rings is 1. The third kappa shape index (κ3) is 2.12. The zero-order valence-electron chi connectivity index (χ0n) is 10.2. The number of aromatic nitrogens is 3. The van der Waals surface area contributed by atoms with E-state index < -0.39 is 0 Å². The topological polar surface area (TPSA) is 89.3 Å². The molecule has 0 saturated heterocycles. The highest BCUT2D eigenvalue weighted by atomic mass is 79.9. The zero-order chi connectivity index (χ0) is 14.1. The first-order valence-corrected chi connectivity index (χ1v) is 6.56. The highest BCUT2D eigenvalue weighted by Crippen LogP contribution is 2.20. The highest BCUT2D eigenvalue weighted by Gasteiger charge is 2.13. The molecule has 7 heteroatoms. The Hall–Kier alpha value is -2.41. The molecule has 0 atom stereocenters. The first-order chi connectivity index (χ1) is 9.69. The number of para-hydroxylation sites is 1. The molecule has 3 rings (SSSR count). The molecule has 0 fully saturated rings. The van der Waals surface area contributed by atoms with Crippen molar-refractivity contribution in [2.75, 3.05) is 0 Å². The van der Waals surface area contributed by atoms with Crippen molar-refractivity contribution in [2.24, 2.45) is 10.9 Å². The molecule has 0 spiro atoms. The van der Waals surface area contributed by atoms with Crippen LogP contribution in [0.2, 0.25) is 0 Å². The van der Waals surface area contributed by atoms with E-state index >= 15 is 0 Å². The molecule has 2 heterocycles. The van der Waals surface area contributed by atoms with Gasteiger partial charge in [0.05, 0.1) is 21.7 Å². The summed E-state index contributed by atoms with van der Waals surface area (Å²) in [6.45, 7) is 0. The molecule has 100 valence electrons. The fraction of sp³-hybridized carbons (Fsp3) is 0. The summed E-state index contributed by atoms with van der Waals surface area (Å²) in [5.41, 5.74) is 7.06. The summed E-state index contributed by atoms with van der Waals surface area (Å²) in [5.74, 6) is 0.495. The second-order valence-electron chi connectivity index (χ2n) is 4.14. The maximum Gasteiger partial charge on any atom is 0.173 e. The van der Waals surface area contributed by atoms with Crippen LogP contribution in [-0.4, -0.2) is 25.8 Å². The molecular formula is C13H10BrN5O. The minimum Gasteiger partial charge on any atom is -0.409 e. The number of hydrogen-bond acceptors (Lipinski definition) is 4. The number of nitrogens with zero attached hydrogens (tertiary/aromatic N) is 4. The van der Waals surface area contributed by atoms with Gasteiger partial charge in [0.25, 0.3) is 0 Å². The predicted octanol–water partition coefficient (Wildman–Crippen LogP) is 2.28. The van der Waals surface area contributed by atoms with Crippen molar-refractivity contribution in [3.8, 4) is 5.82 Å². The molecule has 0 bridgehead atoms. The van der Waals surface area contributed by atoms with Crippen LogP contribution >= 0.6 is 15.9 Å². The molecule has 0 aliphatic carbocycles. The summed E-state index contributed by atoms with van der Waals surface area (Å²) >= 11 is 3.34. The Bertz CT molecular complexity index is 811. The van der Waals surface area contributed by atoms with E-state index in [2.05, 4.69) is 31.2 Å². The van der Waals surface area contributed by atoms with Crippen molar-refractivity contribution in [1.29, 1.82) is 0 Å². The van der Waals surface area contributed by atoms with Gasteiger partial charge in [-0.3, -0.25) is 0 Å². The molecule has 0 aliphatic heterocycles. The van der Waals surface area contributed by atoms with Gasteiger partial charge in [0.2, 0.25) is 0 Å². The fourth-order valence-corrected chi connectivity index (χ4v) is 2.22. The van der Waals surface area contributed by atoms with E-state index in [9.17, 15) is 0 Å². The number of rotatable bonds is 2. The van der Waals surface area contributed by atoms with Crippen LogP contribution in [0.1, 0.15) is 5.56 Å². The van der Waals surface area contributed by atoms with Gasteiger partial charge >= 0.3 is 0 Å². The van der Waals surface area contributed by atoms with Crippen LogP contribution in [-0.2, 0) is 0 Å². The van der Waals surface area contributed by atoms with Crippen molar-refractivity contribution >= 4 is 32.7 Å². The molecule has 1 aromatic carbocycles. The smallest absolute Gasteiger partial charge is 0.173 e. The van der Waals surface area contributed by atoms with Crippen molar-refractivity contribution in [2.45, 2.75) is 0 Å². The summed E-state index contributed by atoms with van der Waals surface area (Å²) in [6, 6.07) is 9.44. The highest BCUT2D eigenvalue weighted by molar-refractivity contribution is 9.10. The Morgan fingerprint density at radius 1 is 1.35 bits per heavy atom. The number of halogens is 1. The van der Waals surface area contributed by atoms with Gasteiger partial charge in [0.1, 0.15) is 0 Å². The molecule has 0 amide bonds. The predicted molar refractivity (Wildman–Crippen MR) is 79.1 cm³/mol. The van der Waals surface area contributed by atoms with Gasteiger partial charge in [-0.15, -0.1) is 0 Å². The number of nitrogens with two attached hydrogens (primary N) is 1. The summed E-state index contributed by atoms with van der Waals surface area (Å²) in [7, 11) is 0. The largest absolute Gasteiger partial charge is 0.409 e. The van der Waals surface area contributed by atoms with E-state index in [4.69, 9.17) is 10.9 Å². The lowest BCUT2D eigenvalue weighted by atomic mass is 10.1. The molecular weight excluding hydrogens is 322 g/mol. The molecule has 6 nitrogen and oxygen atoms in total. The Balaban J connectivity index is 2.32. The number of hydrogen-bond donors (Lipinski definition) is 2. The Kier molecular flexibility index (Phi) is 3.11. The number of amidine groups is 1. The molecule has 2 aromatic heterocycles. The molecule has 0 radical (unpaired) electrons. The van der Waals surface area contributed by atoms with Gasteiger partial charge in [-0.05, 0) is 28.1 Å². The van der Waals surface area contributed by atoms with E-state index in [0.717, 1.165) is 15.4 Å². The first-order valence-electron chi connectivity index (χ1n) is 5.77. The standard InChI is InChI=1S/C13H10BrN5O/c14-9-6-16-19(7-9)13-10(12(15)18-20)5-8-3-1-2-4-11(8)17-13/h1-7,20H,(H2,15,18). The fourth-order valence-electron chi connectivity index (χ4n) is 1.94. The minimum atomic E-state index is -0.00937. The van der Waals surface area contributed by atoms with Crippen LogP contribution in [0.15, 0.2) is 52.4 Å². The van der Waals surface area contributed by atoms with Crippen molar-refractivity contribution in [1.82, 2.24) is 14.8 Å². The molecule has 0 saturated carbocycles. The van der Waals surface area contributed by atoms with E-state index in [1.807, 2.05) is 30.3 Å².